The molecule has 0 atom stereocenters. The van der Waals surface area contributed by atoms with Crippen molar-refractivity contribution in [3.8, 4) is 11.1 Å². The van der Waals surface area contributed by atoms with Gasteiger partial charge in [-0.15, -0.1) is 0 Å². The third-order valence-corrected chi connectivity index (χ3v) is 25.9. The number of hydrogen-bond donors (Lipinski definition) is 3. The maximum absolute atomic E-state index is 13.1. The van der Waals surface area contributed by atoms with Gasteiger partial charge in [0.1, 0.15) is 0 Å². The van der Waals surface area contributed by atoms with E-state index in [1.165, 1.54) is 38.1 Å². The first-order valence-electron chi connectivity index (χ1n) is 28.8. The molecule has 0 saturated heterocycles. The molecule has 0 spiro atoms. The minimum Gasteiger partial charge on any atom is -0.424 e. The summed E-state index contributed by atoms with van der Waals surface area (Å²) >= 11 is 0. The van der Waals surface area contributed by atoms with E-state index < -0.39 is 43.2 Å². The van der Waals surface area contributed by atoms with Crippen LogP contribution in [-0.4, -0.2) is 104 Å². The zero-order valence-electron chi connectivity index (χ0n) is 60.9. The molecule has 0 bridgehead atoms. The van der Waals surface area contributed by atoms with E-state index >= 15 is 0 Å². The van der Waals surface area contributed by atoms with Gasteiger partial charge < -0.3 is 53.6 Å². The quantitative estimate of drug-likeness (QED) is 0.0297. The van der Waals surface area contributed by atoms with Crippen molar-refractivity contribution in [3.63, 3.8) is 0 Å². The fraction of sp³-hybridized carbons (Fsp3) is 0.247. The fourth-order valence-corrected chi connectivity index (χ4v) is 22.8. The Morgan fingerprint density at radius 3 is 0.961 bits per heavy atom. The van der Waals surface area contributed by atoms with E-state index in [4.69, 9.17) is 8.23 Å². The molecular weight excluding hydrogens is 2110 g/mol. The Hall–Kier alpha value is 2.14. The Labute approximate surface area is 868 Å². The smallest absolute Gasteiger partial charge is 0.313 e. The number of anilines is 4. The molecule has 103 heavy (non-hydrogen) atoms. The zero-order chi connectivity index (χ0) is 63.3. The number of benzene rings is 7. The standard InChI is InChI=1S/C25H22N2O3.C24H20N2O3.C18H30N2O5Si3.2CH4.4CH3.10Y/c1-3-23(28)18-8-13-21-22(15-18)25(30)27(24(21)29)20-11-6-17(7-12-20)14-16-4-9-19(26-2)10-5-16;1-3-22(27)17-8-13-20-21(14-17)24(29)26(23(20)28)19-11-6-16(7-12-19)15-4-9-18(25-2)10-5-15;1-9-16(21)13-10-11-14-15(12-13)18(23)20(17(14)22)27(5,6)25-28(7,8)24-26(3,4)19-2;;;;;;;;;;;;;;;;/h4-13,15,26H,3,14H2,1-2H3;4-14,25H,3H2,1-2H3;10-12,19H,9H2,1-8H3;2*1H4;4*1H3;;;;;;;;;;/q;;;;;4*-1;;;;;;;;;;. The Kier molecular flexibility index (Phi) is 66.6. The average molecular weight is 2200 g/mol. The Morgan fingerprint density at radius 2 is 0.641 bits per heavy atom. The third kappa shape index (κ3) is 30.7. The summed E-state index contributed by atoms with van der Waals surface area (Å²) in [6, 6.07) is 45.1. The monoisotopic (exact) mass is 2200 g/mol. The van der Waals surface area contributed by atoms with Gasteiger partial charge in [0.25, 0.3) is 52.4 Å². The summed E-state index contributed by atoms with van der Waals surface area (Å²) in [7, 11) is -1.99. The average Bonchev–Trinajstić information content (AvgIpc) is 1.63. The molecule has 3 heterocycles. The van der Waals surface area contributed by atoms with Crippen molar-refractivity contribution in [2.24, 2.45) is 0 Å². The second kappa shape index (κ2) is 55.6. The maximum Gasteiger partial charge on any atom is 0.313 e. The molecule has 7 aromatic carbocycles. The molecule has 3 aliphatic rings. The number of amides is 6. The van der Waals surface area contributed by atoms with Crippen molar-refractivity contribution in [2.75, 3.05) is 41.6 Å². The molecular formula is C73H92N6O11Si3Y10-4. The zero-order valence-corrected chi connectivity index (χ0v) is 92.3. The number of hydrogen-bond acceptors (Lipinski definition) is 14. The van der Waals surface area contributed by atoms with E-state index in [1.807, 2.05) is 121 Å². The molecule has 0 aromatic heterocycles. The van der Waals surface area contributed by atoms with Gasteiger partial charge in [0.2, 0.25) is 0 Å². The SMILES string of the molecule is C.C.CCC(=O)c1ccc2c(c1)C(=O)N([Si](C)(C)O[Si](C)(C)O[Si](C)(C)NC)C2=O.CCC(=O)c1ccc2c(c1)C(=O)N(c1ccc(-c3ccc(NC)cc3)cc1)C2=O.CCC(=O)c1ccc2c(c1)C(=O)N(c1ccc(Cc3ccc(NC)cc3)cc1)C2=O.[CH3-].[CH3-].[CH3-].[CH3-].[Y].[Y].[Y].[Y].[Y].[Y].[Y].[Y].[Y].[Y]. The first-order valence-corrected chi connectivity index (χ1v) is 37.4. The Bertz CT molecular complexity index is 3920. The second-order valence-corrected chi connectivity index (χ2v) is 33.7. The minimum absolute atomic E-state index is 0. The Morgan fingerprint density at radius 1 is 0.369 bits per heavy atom. The first-order chi connectivity index (χ1) is 41.3. The predicted molar refractivity (Wildman–Crippen MR) is 385 cm³/mol. The van der Waals surface area contributed by atoms with Crippen LogP contribution in [0.3, 0.4) is 0 Å². The molecule has 0 fully saturated rings. The van der Waals surface area contributed by atoms with Crippen molar-refractivity contribution in [2.45, 2.75) is 101 Å². The van der Waals surface area contributed by atoms with Crippen molar-refractivity contribution in [1.82, 2.24) is 9.55 Å². The summed E-state index contributed by atoms with van der Waals surface area (Å²) in [5.74, 6) is -2.44. The van der Waals surface area contributed by atoms with Gasteiger partial charge in [-0.1, -0.05) is 102 Å². The summed E-state index contributed by atoms with van der Waals surface area (Å²) in [6.45, 7) is 16.9. The van der Waals surface area contributed by atoms with Crippen LogP contribution < -0.4 is 25.4 Å². The summed E-state index contributed by atoms with van der Waals surface area (Å²) in [4.78, 5) is 119. The van der Waals surface area contributed by atoms with Gasteiger partial charge in [-0.3, -0.25) is 47.7 Å². The summed E-state index contributed by atoms with van der Waals surface area (Å²) in [5, 5.41) is 6.18. The number of fused-ring (bicyclic) bond motifs is 3. The van der Waals surface area contributed by atoms with Crippen LogP contribution >= 0.6 is 0 Å². The van der Waals surface area contributed by atoms with Gasteiger partial charge in [0.15, 0.2) is 17.3 Å². The van der Waals surface area contributed by atoms with Gasteiger partial charge >= 0.3 is 8.56 Å². The number of carbonyl (C=O) groups excluding carboxylic acids is 9. The third-order valence-electron chi connectivity index (χ3n) is 15.2. The number of carbonyl (C=O) groups is 9. The van der Waals surface area contributed by atoms with E-state index in [0.717, 1.165) is 34.5 Å². The van der Waals surface area contributed by atoms with Gasteiger partial charge in [-0.05, 0) is 160 Å². The molecule has 3 N–H and O–H groups in total. The second-order valence-electron chi connectivity index (χ2n) is 22.4. The fourth-order valence-electron chi connectivity index (χ4n) is 10.6. The van der Waals surface area contributed by atoms with Crippen molar-refractivity contribution < 1.29 is 378 Å². The van der Waals surface area contributed by atoms with E-state index in [0.29, 0.717) is 64.0 Å². The Balaban J connectivity index is -0.000000171. The molecule has 0 saturated carbocycles. The van der Waals surface area contributed by atoms with Crippen molar-refractivity contribution in [1.29, 1.82) is 0 Å². The van der Waals surface area contributed by atoms with Gasteiger partial charge in [-0.2, -0.15) is 0 Å². The predicted octanol–water partition coefficient (Wildman–Crippen LogP) is 15.8. The van der Waals surface area contributed by atoms with E-state index in [2.05, 4.69) is 27.7 Å². The van der Waals surface area contributed by atoms with Crippen molar-refractivity contribution >= 4 is 101 Å². The number of Topliss-reactive ketones (excluding diaryl/α,β-unsaturated/α-hetero) is 3. The molecule has 3 aliphatic heterocycles. The summed E-state index contributed by atoms with van der Waals surface area (Å²) in [6.07, 6.45) is 1.80. The van der Waals surface area contributed by atoms with Crippen LogP contribution in [0.2, 0.25) is 39.3 Å². The maximum atomic E-state index is 13.1. The summed E-state index contributed by atoms with van der Waals surface area (Å²) in [5.41, 5.74) is 10.6. The molecule has 7 aromatic rings. The molecule has 526 valence electrons. The van der Waals surface area contributed by atoms with E-state index in [-0.39, 0.29) is 423 Å². The summed E-state index contributed by atoms with van der Waals surface area (Å²) < 4.78 is 13.9. The van der Waals surface area contributed by atoms with Gasteiger partial charge in [0.05, 0.1) is 44.8 Å². The number of nitrogens with zero attached hydrogens (tertiary/aromatic N) is 3. The largest absolute Gasteiger partial charge is 0.424 e. The molecule has 10 radical (unpaired) electrons. The number of rotatable bonds is 19. The topological polar surface area (TPSA) is 218 Å². The van der Waals surface area contributed by atoms with Crippen LogP contribution in [0.4, 0.5) is 22.7 Å². The van der Waals surface area contributed by atoms with Crippen LogP contribution in [0.1, 0.15) is 159 Å². The van der Waals surface area contributed by atoms with Crippen LogP contribution in [0, 0.1) is 29.7 Å². The molecule has 30 heteroatoms. The number of imide groups is 3. The van der Waals surface area contributed by atoms with Crippen LogP contribution in [0.15, 0.2) is 152 Å². The van der Waals surface area contributed by atoms with Crippen LogP contribution in [0.25, 0.3) is 11.1 Å². The molecule has 17 nitrogen and oxygen atoms in total. The molecule has 10 rings (SSSR count). The van der Waals surface area contributed by atoms with Crippen LogP contribution in [-0.2, 0) is 342 Å². The van der Waals surface area contributed by atoms with E-state index in [9.17, 15) is 43.2 Å². The van der Waals surface area contributed by atoms with Gasteiger partial charge in [-0.25, -0.2) is 9.80 Å². The minimum atomic E-state index is -2.91. The normalized spacial score (nSPS) is 11.5. The van der Waals surface area contributed by atoms with Gasteiger partial charge in [0, 0.05) is 389 Å². The first kappa shape index (κ1) is 123. The molecule has 6 amide bonds. The number of nitrogens with one attached hydrogen (secondary N) is 3. The molecule has 0 unspecified atom stereocenters. The van der Waals surface area contributed by atoms with Crippen LogP contribution in [0.5, 0.6) is 0 Å². The van der Waals surface area contributed by atoms with E-state index in [1.54, 1.807) is 81.4 Å². The van der Waals surface area contributed by atoms with Crippen molar-refractivity contribution in [3.05, 3.63) is 243 Å². The molecule has 0 aliphatic carbocycles. The number of ketones is 3.